The summed E-state index contributed by atoms with van der Waals surface area (Å²) in [5.41, 5.74) is 1.03. The molecule has 0 bridgehead atoms. The second-order valence-corrected chi connectivity index (χ2v) is 7.30. The lowest BCUT2D eigenvalue weighted by Crippen LogP contribution is -2.48. The third-order valence-corrected chi connectivity index (χ3v) is 6.06. The van der Waals surface area contributed by atoms with E-state index >= 15 is 0 Å². The molecule has 0 saturated carbocycles. The summed E-state index contributed by atoms with van der Waals surface area (Å²) in [5.74, 6) is 1.35. The summed E-state index contributed by atoms with van der Waals surface area (Å²) >= 11 is 1.71. The van der Waals surface area contributed by atoms with Gasteiger partial charge in [0.1, 0.15) is 12.1 Å². The molecule has 2 fully saturated rings. The molecule has 4 heterocycles. The van der Waals surface area contributed by atoms with Crippen LogP contribution in [0.4, 0.5) is 5.82 Å². The molecule has 1 amide bonds. The Morgan fingerprint density at radius 1 is 1.26 bits per heavy atom. The molecule has 2 aromatic heterocycles. The number of hydrogen-bond donors (Lipinski definition) is 0. The zero-order valence-electron chi connectivity index (χ0n) is 13.4. The molecular weight excluding hydrogens is 308 g/mol. The van der Waals surface area contributed by atoms with Crippen LogP contribution in [-0.2, 0) is 4.79 Å². The number of rotatable bonds is 3. The summed E-state index contributed by atoms with van der Waals surface area (Å²) in [7, 11) is 0. The normalized spacial score (nSPS) is 24.7. The topological polar surface area (TPSA) is 49.3 Å². The smallest absolute Gasteiger partial charge is 0.222 e. The van der Waals surface area contributed by atoms with Gasteiger partial charge in [-0.05, 0) is 37.1 Å². The van der Waals surface area contributed by atoms with Crippen LogP contribution in [0.5, 0.6) is 0 Å². The van der Waals surface area contributed by atoms with Crippen molar-refractivity contribution >= 4 is 33.3 Å². The van der Waals surface area contributed by atoms with Crippen molar-refractivity contribution in [3.8, 4) is 0 Å². The number of fused-ring (bicyclic) bond motifs is 1. The molecule has 5 nitrogen and oxygen atoms in total. The number of likely N-dealkylation sites (tertiary alicyclic amines) is 1. The highest BCUT2D eigenvalue weighted by Gasteiger charge is 2.40. The van der Waals surface area contributed by atoms with Gasteiger partial charge in [-0.2, -0.15) is 0 Å². The second-order valence-electron chi connectivity index (χ2n) is 6.39. The second kappa shape index (κ2) is 6.07. The molecule has 0 aliphatic carbocycles. The van der Waals surface area contributed by atoms with Crippen LogP contribution in [-0.4, -0.2) is 45.9 Å². The lowest BCUT2D eigenvalue weighted by Gasteiger charge is -2.35. The molecule has 2 aliphatic heterocycles. The fourth-order valence-corrected chi connectivity index (χ4v) is 4.99. The molecule has 0 aromatic carbocycles. The van der Waals surface area contributed by atoms with Crippen molar-refractivity contribution in [1.29, 1.82) is 0 Å². The Labute approximate surface area is 140 Å². The summed E-state index contributed by atoms with van der Waals surface area (Å²) in [6, 6.07) is 2.79. The standard InChI is InChI=1S/C17H22N4OS/c1-2-15(22)20-8-3-5-13(20)14-6-4-9-21(14)17-16-12(7-10-23-16)18-11-19-17/h7,10-11,13-14H,2-6,8-9H2,1H3/t13-,14-/m0/s1. The lowest BCUT2D eigenvalue weighted by atomic mass is 10.0. The van der Waals surface area contributed by atoms with Crippen molar-refractivity contribution in [2.75, 3.05) is 18.0 Å². The molecule has 6 heteroatoms. The molecule has 0 radical (unpaired) electrons. The number of thiophene rings is 1. The molecule has 2 aliphatic rings. The fourth-order valence-electron chi connectivity index (χ4n) is 4.14. The van der Waals surface area contributed by atoms with E-state index in [1.807, 2.05) is 6.92 Å². The molecule has 0 unspecified atom stereocenters. The molecule has 2 atom stereocenters. The number of nitrogens with zero attached hydrogens (tertiary/aromatic N) is 4. The fraction of sp³-hybridized carbons (Fsp3) is 0.588. The first-order chi connectivity index (χ1) is 11.3. The zero-order valence-corrected chi connectivity index (χ0v) is 14.3. The number of anilines is 1. The number of hydrogen-bond acceptors (Lipinski definition) is 5. The molecule has 23 heavy (non-hydrogen) atoms. The summed E-state index contributed by atoms with van der Waals surface area (Å²) < 4.78 is 1.17. The molecule has 4 rings (SSSR count). The van der Waals surface area contributed by atoms with Gasteiger partial charge < -0.3 is 9.80 Å². The number of carbonyl (C=O) groups is 1. The maximum absolute atomic E-state index is 12.3. The predicted octanol–water partition coefficient (Wildman–Crippen LogP) is 3.06. The Bertz CT molecular complexity index is 715. The van der Waals surface area contributed by atoms with Gasteiger partial charge in [-0.25, -0.2) is 9.97 Å². The summed E-state index contributed by atoms with van der Waals surface area (Å²) in [4.78, 5) is 25.8. The van der Waals surface area contributed by atoms with Gasteiger partial charge in [-0.15, -0.1) is 11.3 Å². The number of carbonyl (C=O) groups excluding carboxylic acids is 1. The van der Waals surface area contributed by atoms with Crippen molar-refractivity contribution in [3.63, 3.8) is 0 Å². The van der Waals surface area contributed by atoms with Gasteiger partial charge in [-0.1, -0.05) is 6.92 Å². The van der Waals surface area contributed by atoms with Crippen molar-refractivity contribution < 1.29 is 4.79 Å². The van der Waals surface area contributed by atoms with E-state index in [1.165, 1.54) is 11.1 Å². The molecule has 122 valence electrons. The Balaban J connectivity index is 1.67. The maximum Gasteiger partial charge on any atom is 0.222 e. The van der Waals surface area contributed by atoms with E-state index in [4.69, 9.17) is 0 Å². The van der Waals surface area contributed by atoms with Crippen LogP contribution < -0.4 is 4.90 Å². The zero-order chi connectivity index (χ0) is 15.8. The first-order valence-corrected chi connectivity index (χ1v) is 9.42. The van der Waals surface area contributed by atoms with E-state index in [9.17, 15) is 4.79 Å². The Kier molecular flexibility index (Phi) is 3.93. The molecule has 2 saturated heterocycles. The van der Waals surface area contributed by atoms with E-state index in [0.29, 0.717) is 24.4 Å². The summed E-state index contributed by atoms with van der Waals surface area (Å²) in [6.07, 6.45) is 6.83. The van der Waals surface area contributed by atoms with Gasteiger partial charge >= 0.3 is 0 Å². The quantitative estimate of drug-likeness (QED) is 0.868. The molecule has 0 N–H and O–H groups in total. The molecule has 2 aromatic rings. The van der Waals surface area contributed by atoms with E-state index < -0.39 is 0 Å². The summed E-state index contributed by atoms with van der Waals surface area (Å²) in [6.45, 7) is 3.91. The van der Waals surface area contributed by atoms with Crippen LogP contribution in [0, 0.1) is 0 Å². The third kappa shape index (κ3) is 2.49. The van der Waals surface area contributed by atoms with Gasteiger partial charge in [0.15, 0.2) is 0 Å². The SMILES string of the molecule is CCC(=O)N1CCC[C@H]1[C@@H]1CCCN1c1ncnc2ccsc12. The largest absolute Gasteiger partial charge is 0.350 e. The van der Waals surface area contributed by atoms with Crippen molar-refractivity contribution in [2.45, 2.75) is 51.1 Å². The van der Waals surface area contributed by atoms with Gasteiger partial charge in [0, 0.05) is 19.5 Å². The molecule has 0 spiro atoms. The predicted molar refractivity (Wildman–Crippen MR) is 92.8 cm³/mol. The Morgan fingerprint density at radius 2 is 2.09 bits per heavy atom. The van der Waals surface area contributed by atoms with Crippen LogP contribution >= 0.6 is 11.3 Å². The van der Waals surface area contributed by atoms with Crippen LogP contribution in [0.2, 0.25) is 0 Å². The number of amides is 1. The van der Waals surface area contributed by atoms with Crippen LogP contribution in [0.25, 0.3) is 10.2 Å². The first kappa shape index (κ1) is 14.9. The van der Waals surface area contributed by atoms with Gasteiger partial charge in [0.05, 0.1) is 22.3 Å². The average Bonchev–Trinajstić information content (AvgIpc) is 3.31. The van der Waals surface area contributed by atoms with Crippen LogP contribution in [0.3, 0.4) is 0 Å². The third-order valence-electron chi connectivity index (χ3n) is 5.16. The average molecular weight is 330 g/mol. The van der Waals surface area contributed by atoms with Gasteiger partial charge in [0.25, 0.3) is 0 Å². The Morgan fingerprint density at radius 3 is 2.96 bits per heavy atom. The minimum atomic E-state index is 0.295. The minimum Gasteiger partial charge on any atom is -0.350 e. The van der Waals surface area contributed by atoms with Crippen molar-refractivity contribution in [2.24, 2.45) is 0 Å². The van der Waals surface area contributed by atoms with Crippen LogP contribution in [0.15, 0.2) is 17.8 Å². The summed E-state index contributed by atoms with van der Waals surface area (Å²) in [5, 5.41) is 2.08. The molecular formula is C17H22N4OS. The highest BCUT2D eigenvalue weighted by Crippen LogP contribution is 2.36. The number of aromatic nitrogens is 2. The monoisotopic (exact) mass is 330 g/mol. The van der Waals surface area contributed by atoms with Crippen molar-refractivity contribution in [3.05, 3.63) is 17.8 Å². The van der Waals surface area contributed by atoms with E-state index in [-0.39, 0.29) is 0 Å². The van der Waals surface area contributed by atoms with Gasteiger partial charge in [0.2, 0.25) is 5.91 Å². The highest BCUT2D eigenvalue weighted by atomic mass is 32.1. The maximum atomic E-state index is 12.3. The van der Waals surface area contributed by atoms with E-state index in [2.05, 4.69) is 31.2 Å². The first-order valence-electron chi connectivity index (χ1n) is 8.54. The minimum absolute atomic E-state index is 0.295. The van der Waals surface area contributed by atoms with E-state index in [0.717, 1.165) is 43.7 Å². The van der Waals surface area contributed by atoms with Crippen molar-refractivity contribution in [1.82, 2.24) is 14.9 Å². The lowest BCUT2D eigenvalue weighted by molar-refractivity contribution is -0.132. The Hall–Kier alpha value is -1.69. The van der Waals surface area contributed by atoms with E-state index in [1.54, 1.807) is 17.7 Å². The van der Waals surface area contributed by atoms with Crippen LogP contribution in [0.1, 0.15) is 39.0 Å². The van der Waals surface area contributed by atoms with Gasteiger partial charge in [-0.3, -0.25) is 4.79 Å². The highest BCUT2D eigenvalue weighted by molar-refractivity contribution is 7.17.